The molecule has 0 unspecified atom stereocenters. The van der Waals surface area contributed by atoms with Crippen LogP contribution in [0.3, 0.4) is 0 Å². The maximum Gasteiger partial charge on any atom is 0.312 e. The van der Waals surface area contributed by atoms with Gasteiger partial charge in [0.1, 0.15) is 5.75 Å². The summed E-state index contributed by atoms with van der Waals surface area (Å²) in [4.78, 5) is 22.3. The number of hydrogen-bond acceptors (Lipinski definition) is 5. The third-order valence-corrected chi connectivity index (χ3v) is 3.38. The monoisotopic (exact) mass is 370 g/mol. The standard InChI is InChI=1S/C15H12Cl2N2O5/c1-23-13-4-2-9(16)6-11(13)18-15(20)8-24-14-5-3-10(17)7-12(14)19(21)22/h2-7H,8H2,1H3,(H,18,20). The normalized spacial score (nSPS) is 10.1. The van der Waals surface area contributed by atoms with Crippen molar-refractivity contribution in [1.82, 2.24) is 0 Å². The number of anilines is 1. The molecule has 0 spiro atoms. The molecular formula is C15H12Cl2N2O5. The third kappa shape index (κ3) is 4.50. The summed E-state index contributed by atoms with van der Waals surface area (Å²) >= 11 is 11.6. The molecule has 2 aromatic carbocycles. The van der Waals surface area contributed by atoms with E-state index >= 15 is 0 Å². The lowest BCUT2D eigenvalue weighted by atomic mass is 10.3. The first kappa shape index (κ1) is 17.8. The van der Waals surface area contributed by atoms with Gasteiger partial charge in [0.2, 0.25) is 0 Å². The molecule has 1 amide bonds. The number of rotatable bonds is 6. The van der Waals surface area contributed by atoms with Crippen molar-refractivity contribution in [2.45, 2.75) is 0 Å². The van der Waals surface area contributed by atoms with E-state index in [0.29, 0.717) is 16.5 Å². The van der Waals surface area contributed by atoms with Crippen molar-refractivity contribution in [2.24, 2.45) is 0 Å². The first-order valence-corrected chi connectivity index (χ1v) is 7.36. The lowest BCUT2D eigenvalue weighted by molar-refractivity contribution is -0.385. The molecule has 2 rings (SSSR count). The lowest BCUT2D eigenvalue weighted by Crippen LogP contribution is -2.20. The number of nitro groups is 1. The third-order valence-electron chi connectivity index (χ3n) is 2.91. The number of hydrogen-bond donors (Lipinski definition) is 1. The van der Waals surface area contributed by atoms with Gasteiger partial charge in [0.15, 0.2) is 12.4 Å². The fraction of sp³-hybridized carbons (Fsp3) is 0.133. The molecule has 2 aromatic rings. The molecule has 0 aliphatic rings. The highest BCUT2D eigenvalue weighted by Gasteiger charge is 2.17. The fourth-order valence-electron chi connectivity index (χ4n) is 1.86. The number of carbonyl (C=O) groups is 1. The number of benzene rings is 2. The van der Waals surface area contributed by atoms with E-state index in [1.165, 1.54) is 25.3 Å². The van der Waals surface area contributed by atoms with E-state index in [2.05, 4.69) is 5.32 Å². The topological polar surface area (TPSA) is 90.7 Å². The first-order chi connectivity index (χ1) is 11.4. The van der Waals surface area contributed by atoms with E-state index in [9.17, 15) is 14.9 Å². The molecule has 0 fully saturated rings. The van der Waals surface area contributed by atoms with Crippen molar-refractivity contribution in [1.29, 1.82) is 0 Å². The van der Waals surface area contributed by atoms with Gasteiger partial charge in [-0.15, -0.1) is 0 Å². The molecule has 1 N–H and O–H groups in total. The molecule has 24 heavy (non-hydrogen) atoms. The van der Waals surface area contributed by atoms with Crippen LogP contribution in [0.25, 0.3) is 0 Å². The highest BCUT2D eigenvalue weighted by molar-refractivity contribution is 6.31. The van der Waals surface area contributed by atoms with Crippen LogP contribution in [0.4, 0.5) is 11.4 Å². The zero-order valence-corrected chi connectivity index (χ0v) is 13.9. The number of nitrogens with zero attached hydrogens (tertiary/aromatic N) is 1. The van der Waals surface area contributed by atoms with Gasteiger partial charge >= 0.3 is 5.69 Å². The molecule has 0 heterocycles. The molecule has 0 saturated heterocycles. The number of nitro benzene ring substituents is 1. The van der Waals surface area contributed by atoms with Crippen molar-refractivity contribution in [3.63, 3.8) is 0 Å². The van der Waals surface area contributed by atoms with E-state index in [1.807, 2.05) is 0 Å². The SMILES string of the molecule is COc1ccc(Cl)cc1NC(=O)COc1ccc(Cl)cc1[N+](=O)[O-]. The minimum atomic E-state index is -0.640. The van der Waals surface area contributed by atoms with Gasteiger partial charge in [0.05, 0.1) is 17.7 Å². The maximum atomic E-state index is 12.0. The van der Waals surface area contributed by atoms with Gasteiger partial charge in [-0.2, -0.15) is 0 Å². The van der Waals surface area contributed by atoms with Crippen LogP contribution < -0.4 is 14.8 Å². The van der Waals surface area contributed by atoms with Crippen molar-refractivity contribution in [3.8, 4) is 11.5 Å². The van der Waals surface area contributed by atoms with Gasteiger partial charge in [0.25, 0.3) is 5.91 Å². The van der Waals surface area contributed by atoms with Crippen LogP contribution in [0, 0.1) is 10.1 Å². The Bertz CT molecular complexity index is 782. The summed E-state index contributed by atoms with van der Waals surface area (Å²) in [5, 5.41) is 14.1. The number of carbonyl (C=O) groups excluding carboxylic acids is 1. The Hall–Kier alpha value is -2.51. The van der Waals surface area contributed by atoms with E-state index in [0.717, 1.165) is 6.07 Å². The van der Waals surface area contributed by atoms with Crippen molar-refractivity contribution in [2.75, 3.05) is 19.0 Å². The van der Waals surface area contributed by atoms with E-state index in [4.69, 9.17) is 32.7 Å². The van der Waals surface area contributed by atoms with E-state index in [-0.39, 0.29) is 16.5 Å². The molecule has 0 aliphatic carbocycles. The average molecular weight is 371 g/mol. The van der Waals surface area contributed by atoms with Crippen LogP contribution >= 0.6 is 23.2 Å². The summed E-state index contributed by atoms with van der Waals surface area (Å²) in [7, 11) is 1.45. The number of amides is 1. The second-order valence-electron chi connectivity index (χ2n) is 4.55. The second-order valence-corrected chi connectivity index (χ2v) is 5.42. The van der Waals surface area contributed by atoms with Crippen LogP contribution in [0.1, 0.15) is 0 Å². The van der Waals surface area contributed by atoms with Gasteiger partial charge in [0, 0.05) is 16.1 Å². The number of halogens is 2. The van der Waals surface area contributed by atoms with Crippen LogP contribution in [-0.2, 0) is 4.79 Å². The molecule has 9 heteroatoms. The van der Waals surface area contributed by atoms with Gasteiger partial charge in [-0.25, -0.2) is 0 Å². The minimum absolute atomic E-state index is 0.0578. The van der Waals surface area contributed by atoms with Gasteiger partial charge in [-0.3, -0.25) is 14.9 Å². The lowest BCUT2D eigenvalue weighted by Gasteiger charge is -2.11. The van der Waals surface area contributed by atoms with Crippen molar-refractivity contribution < 1.29 is 19.2 Å². The minimum Gasteiger partial charge on any atom is -0.495 e. The highest BCUT2D eigenvalue weighted by atomic mass is 35.5. The maximum absolute atomic E-state index is 12.0. The number of ether oxygens (including phenoxy) is 2. The van der Waals surface area contributed by atoms with E-state index in [1.54, 1.807) is 12.1 Å². The molecule has 0 aromatic heterocycles. The summed E-state index contributed by atoms with van der Waals surface area (Å²) in [6.07, 6.45) is 0. The largest absolute Gasteiger partial charge is 0.495 e. The van der Waals surface area contributed by atoms with Gasteiger partial charge < -0.3 is 14.8 Å². The molecule has 0 saturated carbocycles. The van der Waals surface area contributed by atoms with Crippen LogP contribution in [0.2, 0.25) is 10.0 Å². The Kier molecular flexibility index (Phi) is 5.83. The Morgan fingerprint density at radius 1 is 1.17 bits per heavy atom. The predicted octanol–water partition coefficient (Wildman–Crippen LogP) is 3.93. The summed E-state index contributed by atoms with van der Waals surface area (Å²) in [5.74, 6) is -0.164. The van der Waals surface area contributed by atoms with Gasteiger partial charge in [-0.05, 0) is 30.3 Å². The average Bonchev–Trinajstić information content (AvgIpc) is 2.53. The molecule has 0 radical (unpaired) electrons. The summed E-state index contributed by atoms with van der Waals surface area (Å²) in [5.41, 5.74) is 0.0415. The molecule has 0 bridgehead atoms. The Balaban J connectivity index is 2.07. The zero-order chi connectivity index (χ0) is 17.7. The molecule has 7 nitrogen and oxygen atoms in total. The molecular weight excluding hydrogens is 359 g/mol. The summed E-state index contributed by atoms with van der Waals surface area (Å²) in [6.45, 7) is -0.432. The first-order valence-electron chi connectivity index (χ1n) is 6.61. The molecule has 0 aliphatic heterocycles. The summed E-state index contributed by atoms with van der Waals surface area (Å²) < 4.78 is 10.3. The highest BCUT2D eigenvalue weighted by Crippen LogP contribution is 2.30. The van der Waals surface area contributed by atoms with E-state index < -0.39 is 17.4 Å². The fourth-order valence-corrected chi connectivity index (χ4v) is 2.20. The Morgan fingerprint density at radius 3 is 2.42 bits per heavy atom. The predicted molar refractivity (Wildman–Crippen MR) is 90.2 cm³/mol. The van der Waals surface area contributed by atoms with Gasteiger partial charge in [-0.1, -0.05) is 23.2 Å². The van der Waals surface area contributed by atoms with Crippen LogP contribution in [-0.4, -0.2) is 24.5 Å². The molecule has 126 valence electrons. The van der Waals surface area contributed by atoms with Crippen molar-refractivity contribution in [3.05, 3.63) is 56.6 Å². The smallest absolute Gasteiger partial charge is 0.312 e. The number of methoxy groups -OCH3 is 1. The van der Waals surface area contributed by atoms with Crippen molar-refractivity contribution >= 4 is 40.5 Å². The second kappa shape index (κ2) is 7.85. The molecule has 0 atom stereocenters. The zero-order valence-electron chi connectivity index (χ0n) is 12.4. The van der Waals surface area contributed by atoms with Crippen LogP contribution in [0.5, 0.6) is 11.5 Å². The van der Waals surface area contributed by atoms with Crippen LogP contribution in [0.15, 0.2) is 36.4 Å². The Morgan fingerprint density at radius 2 is 1.79 bits per heavy atom. The Labute approximate surface area is 147 Å². The quantitative estimate of drug-likeness (QED) is 0.614. The number of nitrogens with one attached hydrogen (secondary N) is 1. The summed E-state index contributed by atoms with van der Waals surface area (Å²) in [6, 6.07) is 8.64.